The molecule has 4 aliphatic rings. The Kier molecular flexibility index (Phi) is 3.44. The molecule has 0 aliphatic carbocycles. The fourth-order valence-electron chi connectivity index (χ4n) is 4.92. The monoisotopic (exact) mass is 481 g/mol. The van der Waals surface area contributed by atoms with Crippen LogP contribution in [0.3, 0.4) is 0 Å². The van der Waals surface area contributed by atoms with E-state index in [9.17, 15) is 9.59 Å². The number of fused-ring (bicyclic) bond motifs is 2. The highest BCUT2D eigenvalue weighted by Crippen LogP contribution is 2.64. The van der Waals surface area contributed by atoms with Gasteiger partial charge in [-0.3, -0.25) is 9.59 Å². The molecule has 1 aromatic carbocycles. The van der Waals surface area contributed by atoms with Gasteiger partial charge in [0.05, 0.1) is 6.42 Å². The van der Waals surface area contributed by atoms with Crippen LogP contribution in [0.2, 0.25) is 0 Å². The van der Waals surface area contributed by atoms with Gasteiger partial charge in [0.15, 0.2) is 21.2 Å². The molecule has 10 heteroatoms. The Morgan fingerprint density at radius 3 is 2.57 bits per heavy atom. The summed E-state index contributed by atoms with van der Waals surface area (Å²) in [6.45, 7) is 11.6. The van der Waals surface area contributed by atoms with Gasteiger partial charge in [-0.25, -0.2) is 6.57 Å². The first-order valence-electron chi connectivity index (χ1n) is 8.64. The van der Waals surface area contributed by atoms with Gasteiger partial charge in [-0.05, 0) is 39.7 Å². The van der Waals surface area contributed by atoms with Gasteiger partial charge < -0.3 is 24.1 Å². The first kappa shape index (κ1) is 18.3. The largest absolute Gasteiger partial charge is 0.454 e. The molecule has 2 unspecified atom stereocenters. The summed E-state index contributed by atoms with van der Waals surface area (Å²) in [6, 6.07) is 2.98. The first-order valence-corrected chi connectivity index (χ1v) is 11.6. The van der Waals surface area contributed by atoms with Crippen molar-refractivity contribution in [2.24, 2.45) is 0 Å². The van der Waals surface area contributed by atoms with Crippen LogP contribution in [0.25, 0.3) is 4.85 Å². The molecular formula is C18H16BrN3O4S2. The maximum absolute atomic E-state index is 13.6. The summed E-state index contributed by atoms with van der Waals surface area (Å²) in [5.74, 6) is 0.820. The molecule has 3 saturated heterocycles. The second kappa shape index (κ2) is 5.26. The summed E-state index contributed by atoms with van der Waals surface area (Å²) in [4.78, 5) is 31.7. The molecule has 1 aromatic rings. The van der Waals surface area contributed by atoms with Crippen LogP contribution in [0, 0.1) is 6.57 Å². The minimum Gasteiger partial charge on any atom is -0.454 e. The van der Waals surface area contributed by atoms with Crippen LogP contribution in [-0.2, 0) is 30.2 Å². The van der Waals surface area contributed by atoms with E-state index in [1.807, 2.05) is 0 Å². The Morgan fingerprint density at radius 1 is 1.29 bits per heavy atom. The van der Waals surface area contributed by atoms with Gasteiger partial charge in [0.2, 0.25) is 6.79 Å². The zero-order valence-corrected chi connectivity index (χ0v) is 18.5. The molecule has 0 N–H and O–H groups in total. The third-order valence-corrected chi connectivity index (χ3v) is 11.2. The van der Waals surface area contributed by atoms with E-state index in [-0.39, 0.29) is 25.0 Å². The van der Waals surface area contributed by atoms with E-state index in [1.54, 1.807) is 37.9 Å². The van der Waals surface area contributed by atoms with Gasteiger partial charge >= 0.3 is 0 Å². The molecule has 146 valence electrons. The third-order valence-electron chi connectivity index (χ3n) is 6.44. The van der Waals surface area contributed by atoms with Crippen molar-refractivity contribution < 1.29 is 19.1 Å². The molecule has 2 amide bonds. The van der Waals surface area contributed by atoms with Gasteiger partial charge in [0, 0.05) is 24.0 Å². The Morgan fingerprint density at radius 2 is 1.93 bits per heavy atom. The second-order valence-electron chi connectivity index (χ2n) is 7.85. The number of amides is 2. The van der Waals surface area contributed by atoms with E-state index in [2.05, 4.69) is 20.8 Å². The summed E-state index contributed by atoms with van der Waals surface area (Å²) in [5, 5.41) is 0. The molecule has 5 atom stereocenters. The number of nitrogens with zero attached hydrogens (tertiary/aromatic N) is 3. The summed E-state index contributed by atoms with van der Waals surface area (Å²) in [7, 11) is 0.676. The Bertz CT molecular complexity index is 1060. The van der Waals surface area contributed by atoms with Crippen molar-refractivity contribution in [2.45, 2.75) is 41.6 Å². The zero-order chi connectivity index (χ0) is 20.2. The highest BCUT2D eigenvalue weighted by atomic mass is 79.9. The highest BCUT2D eigenvalue weighted by Gasteiger charge is 2.82. The SMILES string of the molecule is [C-]#[N+][C@@]1(C)C[C@]23C(=O)N(C)[C@](C)(C(=O)N2C1c1cc2c(cc1Br)OCO2)S3=S. The minimum atomic E-state index is -1.14. The lowest BCUT2D eigenvalue weighted by Gasteiger charge is -2.39. The summed E-state index contributed by atoms with van der Waals surface area (Å²) in [6.07, 6.45) is 0.228. The maximum Gasteiger partial charge on any atom is 0.261 e. The van der Waals surface area contributed by atoms with Gasteiger partial charge in [-0.1, -0.05) is 15.9 Å². The normalized spacial score (nSPS) is 40.2. The smallest absolute Gasteiger partial charge is 0.261 e. The van der Waals surface area contributed by atoms with Crippen molar-refractivity contribution in [3.63, 3.8) is 0 Å². The van der Waals surface area contributed by atoms with Crippen LogP contribution in [0.15, 0.2) is 16.6 Å². The number of carbonyl (C=O) groups is 2. The zero-order valence-electron chi connectivity index (χ0n) is 15.3. The average Bonchev–Trinajstić information content (AvgIpc) is 3.30. The van der Waals surface area contributed by atoms with E-state index in [4.69, 9.17) is 27.2 Å². The number of halogens is 1. The van der Waals surface area contributed by atoms with Crippen LogP contribution in [0.1, 0.15) is 31.9 Å². The molecule has 0 saturated carbocycles. The Labute approximate surface area is 177 Å². The number of hydrogen-bond donors (Lipinski definition) is 0. The number of likely N-dealkylation sites (N-methyl/N-ethyl adjacent to an activating group) is 1. The van der Waals surface area contributed by atoms with E-state index in [1.165, 1.54) is 4.90 Å². The number of benzene rings is 1. The van der Waals surface area contributed by atoms with E-state index >= 15 is 0 Å². The lowest BCUT2D eigenvalue weighted by molar-refractivity contribution is -0.159. The number of piperazine rings is 1. The van der Waals surface area contributed by atoms with E-state index in [0.717, 1.165) is 5.56 Å². The average molecular weight is 482 g/mol. The van der Waals surface area contributed by atoms with Crippen molar-refractivity contribution in [2.75, 3.05) is 13.8 Å². The predicted octanol–water partition coefficient (Wildman–Crippen LogP) is 2.11. The van der Waals surface area contributed by atoms with Gasteiger partial charge in [0.1, 0.15) is 6.04 Å². The molecule has 5 rings (SSSR count). The number of ether oxygens (including phenoxy) is 2. The molecule has 1 spiro atoms. The lowest BCUT2D eigenvalue weighted by Crippen LogP contribution is -2.60. The summed E-state index contributed by atoms with van der Waals surface area (Å²) >= 11 is 9.36. The van der Waals surface area contributed by atoms with E-state index < -0.39 is 30.8 Å². The van der Waals surface area contributed by atoms with Crippen molar-refractivity contribution in [3.05, 3.63) is 33.6 Å². The Hall–Kier alpha value is -1.70. The minimum absolute atomic E-state index is 0.125. The standard InChI is InChI=1S/C18H16BrN3O4S2/c1-16(20-3)7-18-15(24)21(4)17(2,28(18)27)14(23)22(18)13(16)9-5-11-12(6-10(9)19)26-8-25-11/h5-6,13H,7-8H2,1-2,4H3/t13?,16-,17-,18-,28?/m0/s1. The van der Waals surface area contributed by atoms with Crippen molar-refractivity contribution >= 4 is 48.4 Å². The fourth-order valence-corrected chi connectivity index (χ4v) is 8.97. The van der Waals surface area contributed by atoms with Crippen LogP contribution in [-0.4, -0.2) is 50.7 Å². The second-order valence-corrected chi connectivity index (χ2v) is 11.7. The molecule has 3 fully saturated rings. The molecule has 0 aromatic heterocycles. The lowest BCUT2D eigenvalue weighted by atomic mass is 9.87. The summed E-state index contributed by atoms with van der Waals surface area (Å²) in [5.41, 5.74) is -0.260. The molecule has 4 aliphatic heterocycles. The Balaban J connectivity index is 1.76. The maximum atomic E-state index is 13.6. The number of hydrogen-bond acceptors (Lipinski definition) is 5. The van der Waals surface area contributed by atoms with Crippen LogP contribution in [0.5, 0.6) is 11.5 Å². The fraction of sp³-hybridized carbons (Fsp3) is 0.500. The van der Waals surface area contributed by atoms with Crippen LogP contribution in [0.4, 0.5) is 0 Å². The molecular weight excluding hydrogens is 466 g/mol. The topological polar surface area (TPSA) is 63.4 Å². The molecule has 28 heavy (non-hydrogen) atoms. The molecule has 2 bridgehead atoms. The van der Waals surface area contributed by atoms with Crippen LogP contribution >= 0.6 is 15.9 Å². The van der Waals surface area contributed by atoms with Gasteiger partial charge in [-0.15, -0.1) is 0 Å². The first-order chi connectivity index (χ1) is 13.1. The number of rotatable bonds is 1. The van der Waals surface area contributed by atoms with Crippen molar-refractivity contribution in [3.8, 4) is 11.5 Å². The van der Waals surface area contributed by atoms with Crippen LogP contribution < -0.4 is 9.47 Å². The molecule has 4 heterocycles. The highest BCUT2D eigenvalue weighted by molar-refractivity contribution is 9.10. The quantitative estimate of drug-likeness (QED) is 0.574. The number of carbonyl (C=O) groups excluding carboxylic acids is 2. The molecule has 7 nitrogen and oxygen atoms in total. The van der Waals surface area contributed by atoms with E-state index in [0.29, 0.717) is 16.0 Å². The van der Waals surface area contributed by atoms with Crippen molar-refractivity contribution in [1.29, 1.82) is 0 Å². The van der Waals surface area contributed by atoms with Crippen molar-refractivity contribution in [1.82, 2.24) is 9.80 Å². The van der Waals surface area contributed by atoms with Gasteiger partial charge in [0.25, 0.3) is 17.4 Å². The third kappa shape index (κ3) is 1.73. The summed E-state index contributed by atoms with van der Waals surface area (Å²) < 4.78 is 11.6. The predicted molar refractivity (Wildman–Crippen MR) is 108 cm³/mol. The molecule has 0 radical (unpaired) electrons. The van der Waals surface area contributed by atoms with Gasteiger partial charge in [-0.2, -0.15) is 0 Å².